The third-order valence-corrected chi connectivity index (χ3v) is 1.49. The summed E-state index contributed by atoms with van der Waals surface area (Å²) in [5.41, 5.74) is 0. The Morgan fingerprint density at radius 3 is 2.62 bits per heavy atom. The molecule has 13 heavy (non-hydrogen) atoms. The first-order chi connectivity index (χ1) is 6.33. The molecule has 1 nitrogen and oxygen atoms in total. The highest BCUT2D eigenvalue weighted by Gasteiger charge is 1.92. The minimum atomic E-state index is -0.249. The molecular formula is C11H11FO. The van der Waals surface area contributed by atoms with Crippen LogP contribution < -0.4 is 4.74 Å². The molecule has 2 heteroatoms. The fourth-order valence-corrected chi connectivity index (χ4v) is 0.876. The van der Waals surface area contributed by atoms with Crippen molar-refractivity contribution in [3.8, 4) is 17.6 Å². The van der Waals surface area contributed by atoms with Crippen LogP contribution in [0.2, 0.25) is 0 Å². The summed E-state index contributed by atoms with van der Waals surface area (Å²) >= 11 is 0. The van der Waals surface area contributed by atoms with Gasteiger partial charge in [-0.25, -0.2) is 4.39 Å². The van der Waals surface area contributed by atoms with Gasteiger partial charge in [0, 0.05) is 6.42 Å². The van der Waals surface area contributed by atoms with E-state index in [4.69, 9.17) is 4.74 Å². The lowest BCUT2D eigenvalue weighted by Gasteiger charge is -2.02. The van der Waals surface area contributed by atoms with E-state index in [-0.39, 0.29) is 5.82 Å². The Kier molecular flexibility index (Phi) is 3.84. The van der Waals surface area contributed by atoms with Crippen molar-refractivity contribution in [1.29, 1.82) is 0 Å². The summed E-state index contributed by atoms with van der Waals surface area (Å²) in [7, 11) is 0. The van der Waals surface area contributed by atoms with Crippen LogP contribution in [0.4, 0.5) is 4.39 Å². The van der Waals surface area contributed by atoms with Crippen molar-refractivity contribution >= 4 is 0 Å². The van der Waals surface area contributed by atoms with Crippen LogP contribution in [0.5, 0.6) is 5.75 Å². The molecule has 0 N–H and O–H groups in total. The van der Waals surface area contributed by atoms with Crippen LogP contribution in [0, 0.1) is 17.7 Å². The maximum absolute atomic E-state index is 12.5. The zero-order valence-electron chi connectivity index (χ0n) is 7.51. The Balaban J connectivity index is 2.36. The number of ether oxygens (including phenoxy) is 1. The summed E-state index contributed by atoms with van der Waals surface area (Å²) < 4.78 is 17.7. The molecule has 0 radical (unpaired) electrons. The minimum Gasteiger partial charge on any atom is -0.493 e. The molecule has 0 unspecified atom stereocenters. The Morgan fingerprint density at radius 1 is 1.31 bits per heavy atom. The van der Waals surface area contributed by atoms with Crippen molar-refractivity contribution in [2.24, 2.45) is 0 Å². The van der Waals surface area contributed by atoms with Crippen LogP contribution >= 0.6 is 0 Å². The Hall–Kier alpha value is -1.49. The topological polar surface area (TPSA) is 9.23 Å². The van der Waals surface area contributed by atoms with E-state index in [9.17, 15) is 4.39 Å². The van der Waals surface area contributed by atoms with Gasteiger partial charge in [0.2, 0.25) is 0 Å². The van der Waals surface area contributed by atoms with Crippen molar-refractivity contribution < 1.29 is 9.13 Å². The van der Waals surface area contributed by atoms with Crippen LogP contribution in [-0.2, 0) is 0 Å². The highest BCUT2D eigenvalue weighted by molar-refractivity contribution is 5.22. The van der Waals surface area contributed by atoms with E-state index in [2.05, 4.69) is 11.8 Å². The second-order valence-corrected chi connectivity index (χ2v) is 2.48. The monoisotopic (exact) mass is 178 g/mol. The first-order valence-electron chi connectivity index (χ1n) is 4.11. The predicted octanol–water partition coefficient (Wildman–Crippen LogP) is 2.62. The van der Waals surface area contributed by atoms with Crippen LogP contribution in [-0.4, -0.2) is 6.61 Å². The lowest BCUT2D eigenvalue weighted by molar-refractivity contribution is 0.326. The smallest absolute Gasteiger partial charge is 0.123 e. The molecule has 0 spiro atoms. The van der Waals surface area contributed by atoms with E-state index in [1.807, 2.05) is 0 Å². The molecule has 1 aromatic rings. The first kappa shape index (κ1) is 9.60. The Bertz CT molecular complexity index is 305. The maximum Gasteiger partial charge on any atom is 0.123 e. The molecule has 1 aromatic carbocycles. The predicted molar refractivity (Wildman–Crippen MR) is 50.0 cm³/mol. The van der Waals surface area contributed by atoms with E-state index >= 15 is 0 Å². The average Bonchev–Trinajstić information content (AvgIpc) is 2.15. The highest BCUT2D eigenvalue weighted by atomic mass is 19.1. The molecule has 1 rings (SSSR count). The normalized spacial score (nSPS) is 8.77. The molecule has 0 fully saturated rings. The lowest BCUT2D eigenvalue weighted by atomic mass is 10.3. The van der Waals surface area contributed by atoms with E-state index in [0.717, 1.165) is 0 Å². The van der Waals surface area contributed by atoms with Gasteiger partial charge in [0.1, 0.15) is 11.6 Å². The van der Waals surface area contributed by atoms with Crippen LogP contribution in [0.25, 0.3) is 0 Å². The van der Waals surface area contributed by atoms with Crippen LogP contribution in [0.3, 0.4) is 0 Å². The summed E-state index contributed by atoms with van der Waals surface area (Å²) in [5, 5.41) is 0. The van der Waals surface area contributed by atoms with E-state index < -0.39 is 0 Å². The molecule has 0 saturated carbocycles. The van der Waals surface area contributed by atoms with Gasteiger partial charge in [-0.05, 0) is 31.2 Å². The second-order valence-electron chi connectivity index (χ2n) is 2.48. The van der Waals surface area contributed by atoms with Gasteiger partial charge in [0.25, 0.3) is 0 Å². The molecule has 0 atom stereocenters. The molecule has 0 amide bonds. The van der Waals surface area contributed by atoms with Gasteiger partial charge in [-0.15, -0.1) is 11.8 Å². The molecule has 0 aliphatic carbocycles. The average molecular weight is 178 g/mol. The third-order valence-electron chi connectivity index (χ3n) is 1.49. The molecule has 0 saturated heterocycles. The molecule has 68 valence electrons. The second kappa shape index (κ2) is 5.21. The zero-order chi connectivity index (χ0) is 9.52. The Morgan fingerprint density at radius 2 is 2.00 bits per heavy atom. The largest absolute Gasteiger partial charge is 0.493 e. The van der Waals surface area contributed by atoms with Crippen molar-refractivity contribution in [3.63, 3.8) is 0 Å². The van der Waals surface area contributed by atoms with E-state index in [0.29, 0.717) is 18.8 Å². The van der Waals surface area contributed by atoms with Crippen LogP contribution in [0.1, 0.15) is 13.3 Å². The van der Waals surface area contributed by atoms with Crippen molar-refractivity contribution in [2.45, 2.75) is 13.3 Å². The van der Waals surface area contributed by atoms with Gasteiger partial charge in [-0.3, -0.25) is 0 Å². The van der Waals surface area contributed by atoms with E-state index in [1.165, 1.54) is 12.1 Å². The highest BCUT2D eigenvalue weighted by Crippen LogP contribution is 2.10. The fourth-order valence-electron chi connectivity index (χ4n) is 0.876. The number of hydrogen-bond donors (Lipinski definition) is 0. The van der Waals surface area contributed by atoms with Crippen LogP contribution in [0.15, 0.2) is 24.3 Å². The zero-order valence-corrected chi connectivity index (χ0v) is 7.51. The van der Waals surface area contributed by atoms with Gasteiger partial charge in [-0.2, -0.15) is 0 Å². The summed E-state index contributed by atoms with van der Waals surface area (Å²) in [6.45, 7) is 2.34. The number of hydrogen-bond acceptors (Lipinski definition) is 1. The lowest BCUT2D eigenvalue weighted by Crippen LogP contribution is -1.95. The summed E-state index contributed by atoms with van der Waals surface area (Å²) in [4.78, 5) is 0. The molecule has 0 bridgehead atoms. The van der Waals surface area contributed by atoms with Gasteiger partial charge in [0.05, 0.1) is 6.61 Å². The molecule has 0 aliphatic rings. The minimum absolute atomic E-state index is 0.249. The number of halogens is 1. The van der Waals surface area contributed by atoms with Crippen molar-refractivity contribution in [2.75, 3.05) is 6.61 Å². The third kappa shape index (κ3) is 3.62. The summed E-state index contributed by atoms with van der Waals surface area (Å²) in [5.74, 6) is 6.08. The maximum atomic E-state index is 12.5. The van der Waals surface area contributed by atoms with Gasteiger partial charge in [-0.1, -0.05) is 0 Å². The first-order valence-corrected chi connectivity index (χ1v) is 4.11. The molecule has 0 aromatic heterocycles. The quantitative estimate of drug-likeness (QED) is 0.510. The number of benzene rings is 1. The molecule has 0 heterocycles. The molecular weight excluding hydrogens is 167 g/mol. The van der Waals surface area contributed by atoms with E-state index in [1.54, 1.807) is 19.1 Å². The number of rotatable bonds is 3. The van der Waals surface area contributed by atoms with Crippen molar-refractivity contribution in [1.82, 2.24) is 0 Å². The molecule has 0 aliphatic heterocycles. The summed E-state index contributed by atoms with van der Waals surface area (Å²) in [6.07, 6.45) is 0.702. The fraction of sp³-hybridized carbons (Fsp3) is 0.273. The van der Waals surface area contributed by atoms with Gasteiger partial charge >= 0.3 is 0 Å². The summed E-state index contributed by atoms with van der Waals surface area (Å²) in [6, 6.07) is 5.96. The van der Waals surface area contributed by atoms with Crippen molar-refractivity contribution in [3.05, 3.63) is 30.1 Å². The Labute approximate surface area is 77.5 Å². The standard InChI is InChI=1S/C11H11FO/c1-2-3-4-9-13-11-7-5-10(12)6-8-11/h5-8H,4,9H2,1H3. The SMILES string of the molecule is CC#CCCOc1ccc(F)cc1. The van der Waals surface area contributed by atoms with Gasteiger partial charge in [0.15, 0.2) is 0 Å². The van der Waals surface area contributed by atoms with Gasteiger partial charge < -0.3 is 4.74 Å².